The monoisotopic (exact) mass is 340 g/mol. The standard InChI is InChI=1S/C19H24N4O2/c1-14-19-21-11-17(13-25-12-16-4-2-3-7-20-16)23(19)9-8-22(14)18(24)10-15-5-6-15/h2-4,7,11,14-15H,5-6,8-10,12-13H2,1H3. The molecule has 0 spiro atoms. The molecule has 0 radical (unpaired) electrons. The van der Waals surface area contributed by atoms with Crippen molar-refractivity contribution in [2.24, 2.45) is 5.92 Å². The van der Waals surface area contributed by atoms with E-state index in [9.17, 15) is 4.79 Å². The Balaban J connectivity index is 1.38. The van der Waals surface area contributed by atoms with E-state index in [-0.39, 0.29) is 11.9 Å². The predicted molar refractivity (Wildman–Crippen MR) is 92.4 cm³/mol. The second-order valence-electron chi connectivity index (χ2n) is 6.98. The van der Waals surface area contributed by atoms with Crippen molar-refractivity contribution in [2.75, 3.05) is 6.54 Å². The van der Waals surface area contributed by atoms with Gasteiger partial charge in [0.2, 0.25) is 5.91 Å². The molecule has 1 amide bonds. The molecular weight excluding hydrogens is 316 g/mol. The maximum atomic E-state index is 12.5. The van der Waals surface area contributed by atoms with Crippen LogP contribution in [0.25, 0.3) is 0 Å². The van der Waals surface area contributed by atoms with Crippen LogP contribution in [0.5, 0.6) is 0 Å². The topological polar surface area (TPSA) is 60.3 Å². The molecule has 1 fully saturated rings. The number of pyridine rings is 1. The lowest BCUT2D eigenvalue weighted by molar-refractivity contribution is -0.134. The van der Waals surface area contributed by atoms with Gasteiger partial charge in [-0.3, -0.25) is 9.78 Å². The summed E-state index contributed by atoms with van der Waals surface area (Å²) in [7, 11) is 0. The minimum absolute atomic E-state index is 0.0320. The zero-order valence-electron chi connectivity index (χ0n) is 14.6. The molecule has 0 N–H and O–H groups in total. The van der Waals surface area contributed by atoms with Gasteiger partial charge in [0.1, 0.15) is 5.82 Å². The lowest BCUT2D eigenvalue weighted by Crippen LogP contribution is -2.41. The van der Waals surface area contributed by atoms with Crippen molar-refractivity contribution >= 4 is 5.91 Å². The maximum Gasteiger partial charge on any atom is 0.223 e. The molecule has 1 atom stereocenters. The van der Waals surface area contributed by atoms with Crippen LogP contribution in [0.15, 0.2) is 30.6 Å². The molecular formula is C19H24N4O2. The molecule has 1 unspecified atom stereocenters. The Bertz CT molecular complexity index is 739. The lowest BCUT2D eigenvalue weighted by atomic mass is 10.1. The number of rotatable bonds is 6. The fraction of sp³-hybridized carbons (Fsp3) is 0.526. The Morgan fingerprint density at radius 2 is 2.12 bits per heavy atom. The van der Waals surface area contributed by atoms with Crippen molar-refractivity contribution in [2.45, 2.75) is 52.0 Å². The van der Waals surface area contributed by atoms with Crippen LogP contribution in [0.3, 0.4) is 0 Å². The number of hydrogen-bond acceptors (Lipinski definition) is 4. The van der Waals surface area contributed by atoms with E-state index in [0.29, 0.717) is 25.6 Å². The Labute approximate surface area is 147 Å². The van der Waals surface area contributed by atoms with E-state index >= 15 is 0 Å². The van der Waals surface area contributed by atoms with E-state index in [0.717, 1.165) is 30.3 Å². The van der Waals surface area contributed by atoms with E-state index in [1.165, 1.54) is 12.8 Å². The Morgan fingerprint density at radius 3 is 2.88 bits per heavy atom. The molecule has 2 aromatic rings. The number of fused-ring (bicyclic) bond motifs is 1. The van der Waals surface area contributed by atoms with Gasteiger partial charge in [-0.15, -0.1) is 0 Å². The fourth-order valence-corrected chi connectivity index (χ4v) is 3.45. The van der Waals surface area contributed by atoms with Crippen molar-refractivity contribution in [3.05, 3.63) is 47.8 Å². The third kappa shape index (κ3) is 3.58. The summed E-state index contributed by atoms with van der Waals surface area (Å²) >= 11 is 0. The molecule has 6 heteroatoms. The number of ether oxygens (including phenoxy) is 1. The highest BCUT2D eigenvalue weighted by atomic mass is 16.5. The van der Waals surface area contributed by atoms with Gasteiger partial charge in [0.05, 0.1) is 36.8 Å². The summed E-state index contributed by atoms with van der Waals surface area (Å²) in [4.78, 5) is 23.3. The summed E-state index contributed by atoms with van der Waals surface area (Å²) in [5, 5.41) is 0. The van der Waals surface area contributed by atoms with Crippen molar-refractivity contribution in [1.29, 1.82) is 0 Å². The summed E-state index contributed by atoms with van der Waals surface area (Å²) in [6.07, 6.45) is 6.76. The Hall–Kier alpha value is -2.21. The second-order valence-corrected chi connectivity index (χ2v) is 6.98. The number of hydrogen-bond donors (Lipinski definition) is 0. The maximum absolute atomic E-state index is 12.5. The molecule has 0 aromatic carbocycles. The number of nitrogens with zero attached hydrogens (tertiary/aromatic N) is 4. The highest BCUT2D eigenvalue weighted by Gasteiger charge is 2.33. The minimum Gasteiger partial charge on any atom is -0.369 e. The molecule has 25 heavy (non-hydrogen) atoms. The van der Waals surface area contributed by atoms with Crippen LogP contribution >= 0.6 is 0 Å². The summed E-state index contributed by atoms with van der Waals surface area (Å²) < 4.78 is 8.00. The van der Waals surface area contributed by atoms with Crippen molar-refractivity contribution in [1.82, 2.24) is 19.4 Å². The molecule has 132 valence electrons. The highest BCUT2D eigenvalue weighted by molar-refractivity contribution is 5.77. The molecule has 1 saturated carbocycles. The third-order valence-corrected chi connectivity index (χ3v) is 5.08. The van der Waals surface area contributed by atoms with Crippen LogP contribution in [0.2, 0.25) is 0 Å². The van der Waals surface area contributed by atoms with Crippen LogP contribution in [0.4, 0.5) is 0 Å². The minimum atomic E-state index is 0.0320. The number of amides is 1. The fourth-order valence-electron chi connectivity index (χ4n) is 3.45. The SMILES string of the molecule is CC1c2ncc(COCc3ccccn3)n2CCN1C(=O)CC1CC1. The first-order chi connectivity index (χ1) is 12.2. The predicted octanol–water partition coefficient (Wildman–Crippen LogP) is 2.70. The largest absolute Gasteiger partial charge is 0.369 e. The summed E-state index contributed by atoms with van der Waals surface area (Å²) in [5.74, 6) is 1.86. The van der Waals surface area contributed by atoms with Crippen molar-refractivity contribution < 1.29 is 9.53 Å². The summed E-state index contributed by atoms with van der Waals surface area (Å²) in [6.45, 7) is 4.61. The highest BCUT2D eigenvalue weighted by Crippen LogP contribution is 2.35. The zero-order valence-corrected chi connectivity index (χ0v) is 14.6. The zero-order chi connectivity index (χ0) is 17.2. The number of imidazole rings is 1. The van der Waals surface area contributed by atoms with Crippen LogP contribution in [-0.2, 0) is 29.3 Å². The molecule has 1 aliphatic heterocycles. The van der Waals surface area contributed by atoms with E-state index in [1.54, 1.807) is 6.20 Å². The lowest BCUT2D eigenvalue weighted by Gasteiger charge is -2.34. The quantitative estimate of drug-likeness (QED) is 0.811. The van der Waals surface area contributed by atoms with Gasteiger partial charge in [0.15, 0.2) is 0 Å². The normalized spacial score (nSPS) is 19.7. The average Bonchev–Trinajstić information content (AvgIpc) is 3.34. The van der Waals surface area contributed by atoms with Gasteiger partial charge >= 0.3 is 0 Å². The van der Waals surface area contributed by atoms with Crippen molar-refractivity contribution in [3.8, 4) is 0 Å². The van der Waals surface area contributed by atoms with Gasteiger partial charge < -0.3 is 14.2 Å². The average molecular weight is 340 g/mol. The smallest absolute Gasteiger partial charge is 0.223 e. The molecule has 2 aliphatic rings. The summed E-state index contributed by atoms with van der Waals surface area (Å²) in [5.41, 5.74) is 1.98. The van der Waals surface area contributed by atoms with Crippen LogP contribution < -0.4 is 0 Å². The molecule has 0 bridgehead atoms. The molecule has 0 saturated heterocycles. The number of carbonyl (C=O) groups excluding carboxylic acids is 1. The number of aromatic nitrogens is 3. The van der Waals surface area contributed by atoms with Gasteiger partial charge in [0.25, 0.3) is 0 Å². The Morgan fingerprint density at radius 1 is 1.24 bits per heavy atom. The van der Waals surface area contributed by atoms with E-state index in [2.05, 4.69) is 21.5 Å². The molecule has 4 rings (SSSR count). The van der Waals surface area contributed by atoms with Gasteiger partial charge in [-0.25, -0.2) is 4.98 Å². The third-order valence-electron chi connectivity index (χ3n) is 5.08. The first kappa shape index (κ1) is 16.3. The molecule has 1 aliphatic carbocycles. The van der Waals surface area contributed by atoms with Gasteiger partial charge in [-0.1, -0.05) is 6.07 Å². The van der Waals surface area contributed by atoms with Crippen LogP contribution in [0.1, 0.15) is 49.4 Å². The Kier molecular flexibility index (Phi) is 4.53. The van der Waals surface area contributed by atoms with E-state index in [1.807, 2.05) is 29.3 Å². The molecule has 2 aromatic heterocycles. The van der Waals surface area contributed by atoms with Gasteiger partial charge in [-0.05, 0) is 37.8 Å². The first-order valence-corrected chi connectivity index (χ1v) is 9.04. The molecule has 6 nitrogen and oxygen atoms in total. The van der Waals surface area contributed by atoms with Crippen LogP contribution in [0, 0.1) is 5.92 Å². The number of carbonyl (C=O) groups is 1. The van der Waals surface area contributed by atoms with Crippen LogP contribution in [-0.4, -0.2) is 31.9 Å². The summed E-state index contributed by atoms with van der Waals surface area (Å²) in [6, 6.07) is 5.84. The molecule has 3 heterocycles. The van der Waals surface area contributed by atoms with Gasteiger partial charge in [0, 0.05) is 25.7 Å². The van der Waals surface area contributed by atoms with Crippen molar-refractivity contribution in [3.63, 3.8) is 0 Å². The van der Waals surface area contributed by atoms with Gasteiger partial charge in [-0.2, -0.15) is 0 Å². The first-order valence-electron chi connectivity index (χ1n) is 9.04. The van der Waals surface area contributed by atoms with E-state index in [4.69, 9.17) is 4.74 Å². The second kappa shape index (κ2) is 6.96. The van der Waals surface area contributed by atoms with E-state index < -0.39 is 0 Å².